The van der Waals surface area contributed by atoms with Crippen LogP contribution in [0.2, 0.25) is 0 Å². The Bertz CT molecular complexity index is 948. The van der Waals surface area contributed by atoms with Crippen molar-refractivity contribution in [2.45, 2.75) is 38.3 Å². The van der Waals surface area contributed by atoms with Gasteiger partial charge in [-0.15, -0.1) is 0 Å². The van der Waals surface area contributed by atoms with Crippen LogP contribution in [0.3, 0.4) is 0 Å². The summed E-state index contributed by atoms with van der Waals surface area (Å²) in [6.07, 6.45) is -3.87. The Morgan fingerprint density at radius 3 is 2.20 bits per heavy atom. The summed E-state index contributed by atoms with van der Waals surface area (Å²) in [7, 11) is 2.99. The van der Waals surface area contributed by atoms with Gasteiger partial charge in [-0.3, -0.25) is 9.69 Å². The van der Waals surface area contributed by atoms with Crippen molar-refractivity contribution in [1.82, 2.24) is 9.80 Å². The number of halogens is 3. The van der Waals surface area contributed by atoms with E-state index < -0.39 is 18.2 Å². The minimum Gasteiger partial charge on any atom is -0.465 e. The highest BCUT2D eigenvalue weighted by Crippen LogP contribution is 2.33. The van der Waals surface area contributed by atoms with Gasteiger partial charge in [0.05, 0.1) is 18.5 Å². The van der Waals surface area contributed by atoms with E-state index in [0.717, 1.165) is 28.9 Å². The second-order valence-corrected chi connectivity index (χ2v) is 8.80. The first kappa shape index (κ1) is 26.4. The molecule has 3 amide bonds. The summed E-state index contributed by atoms with van der Waals surface area (Å²) >= 11 is 0. The first-order chi connectivity index (χ1) is 16.5. The number of methoxy groups -OCH3 is 1. The van der Waals surface area contributed by atoms with Gasteiger partial charge >= 0.3 is 24.3 Å². The number of rotatable bonds is 5. The number of carboxylic acid groups (broad SMARTS) is 1. The highest BCUT2D eigenvalue weighted by molar-refractivity contribution is 5.91. The smallest absolute Gasteiger partial charge is 0.465 e. The average molecular weight is 501 g/mol. The lowest BCUT2D eigenvalue weighted by molar-refractivity contribution is -0.185. The number of amides is 3. The maximum Gasteiger partial charge on any atom is 0.471 e. The zero-order valence-electron chi connectivity index (χ0n) is 19.9. The number of hydrogen-bond acceptors (Lipinski definition) is 5. The van der Waals surface area contributed by atoms with Crippen molar-refractivity contribution in [2.24, 2.45) is 5.92 Å². The summed E-state index contributed by atoms with van der Waals surface area (Å²) in [5.41, 5.74) is 2.51. The third-order valence-electron chi connectivity index (χ3n) is 6.75. The molecule has 0 bridgehead atoms. The molecule has 1 fully saturated rings. The lowest BCUT2D eigenvalue weighted by Crippen LogP contribution is -2.42. The van der Waals surface area contributed by atoms with Crippen LogP contribution in [0, 0.1) is 5.92 Å². The molecule has 2 N–H and O–H groups in total. The molecule has 0 atom stereocenters. The highest BCUT2D eigenvalue weighted by Gasteiger charge is 2.42. The van der Waals surface area contributed by atoms with Gasteiger partial charge in [0, 0.05) is 39.8 Å². The Morgan fingerprint density at radius 2 is 1.69 bits per heavy atom. The summed E-state index contributed by atoms with van der Waals surface area (Å²) in [6.45, 7) is 1.21. The molecule has 194 valence electrons. The second-order valence-electron chi connectivity index (χ2n) is 8.80. The molecule has 0 spiro atoms. The maximum absolute atomic E-state index is 12.9. The normalized spacial score (nSPS) is 16.8. The molecule has 0 radical (unpaired) electrons. The van der Waals surface area contributed by atoms with Gasteiger partial charge in [0.25, 0.3) is 0 Å². The number of carbonyl (C=O) groups is 3. The van der Waals surface area contributed by atoms with Crippen LogP contribution in [0.5, 0.6) is 0 Å². The first-order valence-corrected chi connectivity index (χ1v) is 11.6. The summed E-state index contributed by atoms with van der Waals surface area (Å²) in [5.74, 6) is -1.61. The van der Waals surface area contributed by atoms with E-state index in [4.69, 9.17) is 4.74 Å². The number of nitrogens with zero attached hydrogens (tertiary/aromatic N) is 3. The Kier molecular flexibility index (Phi) is 8.34. The molecule has 12 heteroatoms. The van der Waals surface area contributed by atoms with Gasteiger partial charge in [0.1, 0.15) is 0 Å². The van der Waals surface area contributed by atoms with E-state index in [2.05, 4.69) is 5.32 Å². The summed E-state index contributed by atoms with van der Waals surface area (Å²) < 4.78 is 43.4. The fourth-order valence-corrected chi connectivity index (χ4v) is 4.73. The molecule has 1 aromatic carbocycles. The van der Waals surface area contributed by atoms with Crippen molar-refractivity contribution in [3.05, 3.63) is 23.3 Å². The largest absolute Gasteiger partial charge is 0.471 e. The molecular weight excluding hydrogens is 469 g/mol. The highest BCUT2D eigenvalue weighted by atomic mass is 19.4. The summed E-state index contributed by atoms with van der Waals surface area (Å²) in [4.78, 5) is 39.2. The molecule has 0 aliphatic carbocycles. The van der Waals surface area contributed by atoms with Crippen molar-refractivity contribution in [3.63, 3.8) is 0 Å². The third kappa shape index (κ3) is 6.29. The number of alkyl halides is 3. The molecular formula is C23H31F3N4O5. The van der Waals surface area contributed by atoms with E-state index >= 15 is 0 Å². The van der Waals surface area contributed by atoms with Gasteiger partial charge in [-0.25, -0.2) is 9.59 Å². The van der Waals surface area contributed by atoms with Crippen molar-refractivity contribution in [3.8, 4) is 0 Å². The average Bonchev–Trinajstić information content (AvgIpc) is 3.04. The van der Waals surface area contributed by atoms with Gasteiger partial charge in [-0.05, 0) is 61.3 Å². The van der Waals surface area contributed by atoms with E-state index in [1.165, 1.54) is 12.0 Å². The Hall–Kier alpha value is -3.18. The van der Waals surface area contributed by atoms with E-state index in [9.17, 15) is 32.7 Å². The second kappa shape index (κ2) is 11.0. The molecule has 0 aromatic heterocycles. The first-order valence-electron chi connectivity index (χ1n) is 11.6. The molecule has 0 unspecified atom stereocenters. The van der Waals surface area contributed by atoms with Gasteiger partial charge < -0.3 is 25.0 Å². The number of likely N-dealkylation sites (tertiary alicyclic amines) is 1. The van der Waals surface area contributed by atoms with E-state index in [1.54, 1.807) is 24.1 Å². The molecule has 1 aromatic rings. The number of fused-ring (bicyclic) bond motifs is 1. The number of nitrogens with one attached hydrogen (secondary N) is 1. The molecule has 2 aliphatic heterocycles. The summed E-state index contributed by atoms with van der Waals surface area (Å²) in [6, 6.07) is 3.47. The molecule has 0 saturated carbocycles. The number of carbonyl (C=O) groups excluding carboxylic acids is 2. The van der Waals surface area contributed by atoms with E-state index in [0.29, 0.717) is 30.9 Å². The number of piperidine rings is 1. The van der Waals surface area contributed by atoms with Gasteiger partial charge in [-0.2, -0.15) is 13.2 Å². The van der Waals surface area contributed by atoms with Crippen molar-refractivity contribution < 1.29 is 37.4 Å². The van der Waals surface area contributed by atoms with Crippen LogP contribution >= 0.6 is 0 Å². The van der Waals surface area contributed by atoms with E-state index in [1.807, 2.05) is 0 Å². The minimum atomic E-state index is -4.93. The van der Waals surface area contributed by atoms with Crippen molar-refractivity contribution >= 4 is 29.5 Å². The van der Waals surface area contributed by atoms with Crippen LogP contribution in [0.15, 0.2) is 12.1 Å². The van der Waals surface area contributed by atoms with Crippen LogP contribution in [-0.4, -0.2) is 86.1 Å². The molecule has 2 heterocycles. The fraction of sp³-hybridized carbons (Fsp3) is 0.609. The van der Waals surface area contributed by atoms with Crippen LogP contribution in [0.25, 0.3) is 0 Å². The zero-order chi connectivity index (χ0) is 25.8. The predicted octanol–water partition coefficient (Wildman–Crippen LogP) is 3.57. The van der Waals surface area contributed by atoms with Crippen LogP contribution < -0.4 is 10.2 Å². The topological polar surface area (TPSA) is 102 Å². The standard InChI is InChI=1S/C23H31F3N4O5/c1-27-18-13-16-6-10-28(20(31)23(24,25)26)11-7-17(16)14-19(18)30(21(32)33)12-5-15-3-8-29(9-4-15)22(34)35-2/h13-15,27H,3-12H2,1-2H3,(H,32,33). The predicted molar refractivity (Wildman–Crippen MR) is 123 cm³/mol. The number of hydrogen-bond donors (Lipinski definition) is 2. The molecule has 1 saturated heterocycles. The number of anilines is 2. The van der Waals surface area contributed by atoms with Crippen molar-refractivity contribution in [1.29, 1.82) is 0 Å². The Labute approximate surface area is 201 Å². The Morgan fingerprint density at radius 1 is 1.09 bits per heavy atom. The van der Waals surface area contributed by atoms with Gasteiger partial charge in [0.2, 0.25) is 0 Å². The zero-order valence-corrected chi connectivity index (χ0v) is 19.9. The SMILES string of the molecule is CNc1cc2c(cc1N(CCC1CCN(C(=O)OC)CC1)C(=O)O)CCN(C(=O)C(F)(F)F)CC2. The lowest BCUT2D eigenvalue weighted by atomic mass is 9.93. The molecule has 2 aliphatic rings. The number of ether oxygens (including phenoxy) is 1. The van der Waals surface area contributed by atoms with Crippen molar-refractivity contribution in [2.75, 3.05) is 57.1 Å². The molecule has 3 rings (SSSR count). The van der Waals surface area contributed by atoms with Gasteiger partial charge in [-0.1, -0.05) is 0 Å². The molecule has 35 heavy (non-hydrogen) atoms. The van der Waals surface area contributed by atoms with Crippen LogP contribution in [-0.2, 0) is 22.4 Å². The summed E-state index contributed by atoms with van der Waals surface area (Å²) in [5, 5.41) is 12.9. The lowest BCUT2D eigenvalue weighted by Gasteiger charge is -2.32. The van der Waals surface area contributed by atoms with Crippen LogP contribution in [0.4, 0.5) is 34.1 Å². The maximum atomic E-state index is 12.9. The fourth-order valence-electron chi connectivity index (χ4n) is 4.73. The minimum absolute atomic E-state index is 0.0548. The monoisotopic (exact) mass is 500 g/mol. The Balaban J connectivity index is 1.73. The van der Waals surface area contributed by atoms with Gasteiger partial charge in [0.15, 0.2) is 0 Å². The number of benzene rings is 1. The third-order valence-corrected chi connectivity index (χ3v) is 6.75. The van der Waals surface area contributed by atoms with E-state index in [-0.39, 0.29) is 44.5 Å². The quantitative estimate of drug-likeness (QED) is 0.641. The molecule has 9 nitrogen and oxygen atoms in total. The van der Waals surface area contributed by atoms with Crippen LogP contribution in [0.1, 0.15) is 30.4 Å².